The van der Waals surface area contributed by atoms with E-state index in [1.807, 2.05) is 0 Å². The lowest BCUT2D eigenvalue weighted by Gasteiger charge is -2.17. The van der Waals surface area contributed by atoms with E-state index in [9.17, 15) is 28.8 Å². The second kappa shape index (κ2) is 8.97. The summed E-state index contributed by atoms with van der Waals surface area (Å²) in [5, 5.41) is 4.89. The van der Waals surface area contributed by atoms with Gasteiger partial charge in [0.1, 0.15) is 0 Å². The fourth-order valence-electron chi connectivity index (χ4n) is 2.47. The lowest BCUT2D eigenvalue weighted by atomic mass is 10.3. The topological polar surface area (TPSA) is 151 Å². The van der Waals surface area contributed by atoms with Gasteiger partial charge in [-0.2, -0.15) is 0 Å². The Balaban J connectivity index is 1.80. The molecule has 2 aliphatic heterocycles. The van der Waals surface area contributed by atoms with Crippen LogP contribution in [-0.2, 0) is 28.7 Å². The van der Waals surface area contributed by atoms with Crippen LogP contribution in [0.3, 0.4) is 0 Å². The molecule has 12 nitrogen and oxygen atoms in total. The van der Waals surface area contributed by atoms with Gasteiger partial charge in [0.2, 0.25) is 0 Å². The summed E-state index contributed by atoms with van der Waals surface area (Å²) in [5.41, 5.74) is 0. The van der Waals surface area contributed by atoms with Crippen molar-refractivity contribution in [3.8, 4) is 0 Å². The molecule has 12 heteroatoms. The van der Waals surface area contributed by atoms with E-state index in [4.69, 9.17) is 9.47 Å². The summed E-state index contributed by atoms with van der Waals surface area (Å²) in [5.74, 6) is -3.39. The number of amides is 6. The predicted molar refractivity (Wildman–Crippen MR) is 90.5 cm³/mol. The van der Waals surface area contributed by atoms with E-state index in [-0.39, 0.29) is 13.1 Å². The van der Waals surface area contributed by atoms with Gasteiger partial charge in [-0.15, -0.1) is 0 Å². The minimum atomic E-state index is -1.23. The largest absolute Gasteiger partial charge is 0.449 e. The number of nitrogens with one attached hydrogen (secondary N) is 2. The quantitative estimate of drug-likeness (QED) is 0.407. The van der Waals surface area contributed by atoms with Gasteiger partial charge in [-0.05, 0) is 13.8 Å². The maximum atomic E-state index is 12.0. The van der Waals surface area contributed by atoms with Crippen LogP contribution in [0.1, 0.15) is 13.8 Å². The highest BCUT2D eigenvalue weighted by atomic mass is 16.6. The minimum absolute atomic E-state index is 0.169. The van der Waals surface area contributed by atoms with Crippen LogP contribution >= 0.6 is 0 Å². The SMILES string of the molecule is CC(OC(=O)/C=C/C(=O)OC(C)C(=O)N1CCNC1=O)C(=O)N1CCNC1=O. The molecular weight excluding hydrogens is 376 g/mol. The Labute approximate surface area is 159 Å². The van der Waals surface area contributed by atoms with Crippen molar-refractivity contribution in [2.75, 3.05) is 26.2 Å². The van der Waals surface area contributed by atoms with Crippen molar-refractivity contribution in [2.24, 2.45) is 0 Å². The smallest absolute Gasteiger partial charge is 0.331 e. The van der Waals surface area contributed by atoms with Crippen molar-refractivity contribution in [3.63, 3.8) is 0 Å². The molecule has 2 fully saturated rings. The molecule has 28 heavy (non-hydrogen) atoms. The lowest BCUT2D eigenvalue weighted by Crippen LogP contribution is -2.42. The Hall–Kier alpha value is -3.44. The molecule has 0 aromatic heterocycles. The fourth-order valence-corrected chi connectivity index (χ4v) is 2.47. The van der Waals surface area contributed by atoms with Crippen LogP contribution in [0.15, 0.2) is 12.2 Å². The molecule has 2 aliphatic rings. The first-order valence-corrected chi connectivity index (χ1v) is 8.48. The molecule has 0 radical (unpaired) electrons. The molecule has 2 saturated heterocycles. The molecule has 0 saturated carbocycles. The van der Waals surface area contributed by atoms with E-state index in [0.29, 0.717) is 13.1 Å². The van der Waals surface area contributed by atoms with Gasteiger partial charge in [-0.3, -0.25) is 19.4 Å². The highest BCUT2D eigenvalue weighted by Crippen LogP contribution is 2.06. The van der Waals surface area contributed by atoms with Crippen molar-refractivity contribution in [3.05, 3.63) is 12.2 Å². The van der Waals surface area contributed by atoms with Crippen LogP contribution in [0.25, 0.3) is 0 Å². The van der Waals surface area contributed by atoms with Crippen LogP contribution in [0, 0.1) is 0 Å². The Morgan fingerprint density at radius 3 is 1.46 bits per heavy atom. The third kappa shape index (κ3) is 5.05. The molecule has 0 aromatic carbocycles. The number of urea groups is 2. The van der Waals surface area contributed by atoms with Crippen LogP contribution in [-0.4, -0.2) is 84.0 Å². The van der Waals surface area contributed by atoms with Gasteiger partial charge in [0.05, 0.1) is 0 Å². The number of nitrogens with zero attached hydrogens (tertiary/aromatic N) is 2. The zero-order chi connectivity index (χ0) is 20.8. The normalized spacial score (nSPS) is 18.5. The third-order valence-electron chi connectivity index (χ3n) is 3.88. The summed E-state index contributed by atoms with van der Waals surface area (Å²) in [7, 11) is 0. The average Bonchev–Trinajstić information content (AvgIpc) is 3.26. The lowest BCUT2D eigenvalue weighted by molar-refractivity contribution is -0.154. The summed E-state index contributed by atoms with van der Waals surface area (Å²) >= 11 is 0. The van der Waals surface area contributed by atoms with Gasteiger partial charge in [-0.25, -0.2) is 19.2 Å². The number of rotatable bonds is 6. The number of imide groups is 2. The molecule has 2 heterocycles. The summed E-state index contributed by atoms with van der Waals surface area (Å²) in [6.07, 6.45) is -0.997. The van der Waals surface area contributed by atoms with E-state index >= 15 is 0 Å². The summed E-state index contributed by atoms with van der Waals surface area (Å²) in [6.45, 7) is 3.55. The maximum absolute atomic E-state index is 12.0. The number of hydrogen-bond acceptors (Lipinski definition) is 8. The van der Waals surface area contributed by atoms with Crippen LogP contribution in [0.5, 0.6) is 0 Å². The van der Waals surface area contributed by atoms with Crippen molar-refractivity contribution in [2.45, 2.75) is 26.1 Å². The predicted octanol–water partition coefficient (Wildman–Crippen LogP) is -1.49. The van der Waals surface area contributed by atoms with Gasteiger partial charge < -0.3 is 20.1 Å². The molecule has 0 spiro atoms. The highest BCUT2D eigenvalue weighted by molar-refractivity contribution is 6.00. The van der Waals surface area contributed by atoms with E-state index < -0.39 is 48.0 Å². The summed E-state index contributed by atoms with van der Waals surface area (Å²) in [6, 6.07) is -1.14. The first-order chi connectivity index (χ1) is 13.2. The third-order valence-corrected chi connectivity index (χ3v) is 3.88. The molecule has 2 unspecified atom stereocenters. The molecule has 2 atom stereocenters. The van der Waals surface area contributed by atoms with Crippen LogP contribution < -0.4 is 10.6 Å². The standard InChI is InChI=1S/C16H20N4O8/c1-9(13(23)19-7-5-17-15(19)25)27-11(21)3-4-12(22)28-10(2)14(24)20-8-6-18-16(20)26/h3-4,9-10H,5-8H2,1-2H3,(H,17,25)(H,18,26)/b4-3+. The van der Waals surface area contributed by atoms with Gasteiger partial charge in [0.15, 0.2) is 12.2 Å². The van der Waals surface area contributed by atoms with Crippen LogP contribution in [0.2, 0.25) is 0 Å². The Kier molecular flexibility index (Phi) is 6.69. The average molecular weight is 396 g/mol. The van der Waals surface area contributed by atoms with Gasteiger partial charge in [-0.1, -0.05) is 0 Å². The number of hydrogen-bond donors (Lipinski definition) is 2. The first-order valence-electron chi connectivity index (χ1n) is 8.48. The Morgan fingerprint density at radius 1 is 0.821 bits per heavy atom. The van der Waals surface area contributed by atoms with Crippen LogP contribution in [0.4, 0.5) is 9.59 Å². The molecule has 2 rings (SSSR count). The number of ether oxygens (including phenoxy) is 2. The Morgan fingerprint density at radius 2 is 1.18 bits per heavy atom. The molecule has 2 N–H and O–H groups in total. The molecular formula is C16H20N4O8. The first kappa shape index (κ1) is 20.9. The molecule has 6 amide bonds. The van der Waals surface area contributed by atoms with E-state index in [1.165, 1.54) is 13.8 Å². The van der Waals surface area contributed by atoms with E-state index in [1.54, 1.807) is 0 Å². The van der Waals surface area contributed by atoms with Gasteiger partial charge in [0, 0.05) is 38.3 Å². The highest BCUT2D eigenvalue weighted by Gasteiger charge is 2.32. The van der Waals surface area contributed by atoms with Crippen molar-refractivity contribution >= 4 is 35.8 Å². The fraction of sp³-hybridized carbons (Fsp3) is 0.500. The van der Waals surface area contributed by atoms with Crippen molar-refractivity contribution < 1.29 is 38.2 Å². The number of carbonyl (C=O) groups is 6. The summed E-state index contributed by atoms with van der Waals surface area (Å²) in [4.78, 5) is 72.1. The number of esters is 2. The second-order valence-electron chi connectivity index (χ2n) is 5.94. The minimum Gasteiger partial charge on any atom is -0.449 e. The van der Waals surface area contributed by atoms with Crippen molar-refractivity contribution in [1.82, 2.24) is 20.4 Å². The molecule has 152 valence electrons. The monoisotopic (exact) mass is 396 g/mol. The maximum Gasteiger partial charge on any atom is 0.331 e. The molecule has 0 aromatic rings. The number of carbonyl (C=O) groups excluding carboxylic acids is 6. The molecule has 0 bridgehead atoms. The Bertz CT molecular complexity index is 674. The second-order valence-corrected chi connectivity index (χ2v) is 5.94. The summed E-state index contributed by atoms with van der Waals surface area (Å²) < 4.78 is 9.68. The zero-order valence-electron chi connectivity index (χ0n) is 15.3. The van der Waals surface area contributed by atoms with E-state index in [0.717, 1.165) is 22.0 Å². The van der Waals surface area contributed by atoms with Crippen molar-refractivity contribution in [1.29, 1.82) is 0 Å². The van der Waals surface area contributed by atoms with E-state index in [2.05, 4.69) is 10.6 Å². The van der Waals surface area contributed by atoms with Gasteiger partial charge >= 0.3 is 24.0 Å². The molecule has 0 aliphatic carbocycles. The van der Waals surface area contributed by atoms with Gasteiger partial charge in [0.25, 0.3) is 11.8 Å². The zero-order valence-corrected chi connectivity index (χ0v) is 15.3.